The van der Waals surface area contributed by atoms with Gasteiger partial charge in [-0.3, -0.25) is 9.52 Å². The Hall–Kier alpha value is -4.63. The summed E-state index contributed by atoms with van der Waals surface area (Å²) >= 11 is 0. The fourth-order valence-corrected chi connectivity index (χ4v) is 5.14. The van der Waals surface area contributed by atoms with Crippen LogP contribution in [-0.2, 0) is 17.1 Å². The highest BCUT2D eigenvalue weighted by atomic mass is 32.2. The normalized spacial score (nSPS) is 11.3. The monoisotopic (exact) mass is 493 g/mol. The molecule has 0 aliphatic carbocycles. The summed E-state index contributed by atoms with van der Waals surface area (Å²) < 4.78 is 34.7. The number of nitrogens with zero attached hydrogens (tertiary/aromatic N) is 3. The van der Waals surface area contributed by atoms with Crippen LogP contribution in [0.25, 0.3) is 10.9 Å². The number of nitrogens with one attached hydrogen (secondary N) is 2. The van der Waals surface area contributed by atoms with Crippen LogP contribution in [0.15, 0.2) is 51.9 Å². The van der Waals surface area contributed by atoms with Gasteiger partial charge in [0.2, 0.25) is 0 Å². The number of carboxylic acid groups (broad SMARTS) is 1. The molecule has 3 N–H and O–H groups in total. The lowest BCUT2D eigenvalue weighted by atomic mass is 10.1. The van der Waals surface area contributed by atoms with Crippen LogP contribution in [0.4, 0.5) is 11.4 Å². The standard InChI is InChI=1S/C23H19N5O6S/c1-12-21(13(2)34-26-12)35(32,33)27-16-6-5-15-9-20(28(3)19(15)10-16)22(29)25-18-7-4-14(11-24)8-17(18)23(30)31/h4-10,27H,1-3H3,(H,25,29)(H,30,31). The molecule has 0 aliphatic rings. The number of fused-ring (bicyclic) bond motifs is 1. The third kappa shape index (κ3) is 4.32. The van der Waals surface area contributed by atoms with Crippen LogP contribution >= 0.6 is 0 Å². The Bertz CT molecular complexity index is 1640. The molecule has 0 atom stereocenters. The number of hydrogen-bond donors (Lipinski definition) is 3. The van der Waals surface area contributed by atoms with Gasteiger partial charge in [0.15, 0.2) is 10.7 Å². The number of carboxylic acids is 1. The molecule has 0 aliphatic heterocycles. The van der Waals surface area contributed by atoms with Crippen LogP contribution in [-0.4, -0.2) is 35.1 Å². The van der Waals surface area contributed by atoms with Crippen molar-refractivity contribution in [1.29, 1.82) is 5.26 Å². The molecule has 0 saturated carbocycles. The molecule has 4 rings (SSSR count). The minimum Gasteiger partial charge on any atom is -0.478 e. The largest absolute Gasteiger partial charge is 0.478 e. The molecule has 0 spiro atoms. The quantitative estimate of drug-likeness (QED) is 0.367. The van der Waals surface area contributed by atoms with E-state index in [4.69, 9.17) is 9.78 Å². The summed E-state index contributed by atoms with van der Waals surface area (Å²) in [5.74, 6) is -1.70. The van der Waals surface area contributed by atoms with Gasteiger partial charge < -0.3 is 19.5 Å². The van der Waals surface area contributed by atoms with Crippen LogP contribution in [0, 0.1) is 25.2 Å². The average molecular weight is 494 g/mol. The molecule has 1 amide bonds. The first-order chi connectivity index (χ1) is 16.5. The topological polar surface area (TPSA) is 167 Å². The Morgan fingerprint density at radius 3 is 2.51 bits per heavy atom. The van der Waals surface area contributed by atoms with Crippen molar-refractivity contribution in [3.63, 3.8) is 0 Å². The van der Waals surface area contributed by atoms with E-state index in [0.29, 0.717) is 10.9 Å². The molecule has 11 nitrogen and oxygen atoms in total. The highest BCUT2D eigenvalue weighted by Crippen LogP contribution is 2.27. The van der Waals surface area contributed by atoms with Crippen molar-refractivity contribution in [2.24, 2.45) is 7.05 Å². The number of benzene rings is 2. The van der Waals surface area contributed by atoms with E-state index in [-0.39, 0.29) is 44.5 Å². The molecule has 0 saturated heterocycles. The zero-order valence-corrected chi connectivity index (χ0v) is 19.6. The van der Waals surface area contributed by atoms with Gasteiger partial charge in [0.05, 0.1) is 34.1 Å². The van der Waals surface area contributed by atoms with E-state index in [2.05, 4.69) is 15.2 Å². The minimum absolute atomic E-state index is 0.0406. The van der Waals surface area contributed by atoms with Gasteiger partial charge in [-0.25, -0.2) is 13.2 Å². The van der Waals surface area contributed by atoms with E-state index in [1.54, 1.807) is 35.9 Å². The van der Waals surface area contributed by atoms with Crippen molar-refractivity contribution in [1.82, 2.24) is 9.72 Å². The van der Waals surface area contributed by atoms with Crippen molar-refractivity contribution in [3.05, 3.63) is 70.7 Å². The van der Waals surface area contributed by atoms with E-state index in [1.165, 1.54) is 32.0 Å². The van der Waals surface area contributed by atoms with Gasteiger partial charge in [-0.1, -0.05) is 11.2 Å². The second-order valence-electron chi connectivity index (χ2n) is 7.75. The molecule has 12 heteroatoms. The number of carbonyl (C=O) groups excluding carboxylic acids is 1. The first-order valence-corrected chi connectivity index (χ1v) is 11.6. The molecule has 0 unspecified atom stereocenters. The van der Waals surface area contributed by atoms with Gasteiger partial charge in [-0.05, 0) is 50.2 Å². The summed E-state index contributed by atoms with van der Waals surface area (Å²) in [6, 6.07) is 12.2. The molecular weight excluding hydrogens is 474 g/mol. The zero-order valence-electron chi connectivity index (χ0n) is 18.8. The van der Waals surface area contributed by atoms with Crippen LogP contribution in [0.1, 0.15) is 37.9 Å². The van der Waals surface area contributed by atoms with E-state index in [1.807, 2.05) is 6.07 Å². The number of aromatic carboxylic acids is 1. The van der Waals surface area contributed by atoms with Gasteiger partial charge in [0, 0.05) is 12.4 Å². The first kappa shape index (κ1) is 23.5. The second kappa shape index (κ2) is 8.62. The number of carbonyl (C=O) groups is 2. The molecule has 0 radical (unpaired) electrons. The lowest BCUT2D eigenvalue weighted by Crippen LogP contribution is -2.17. The van der Waals surface area contributed by atoms with E-state index in [9.17, 15) is 23.1 Å². The average Bonchev–Trinajstić information content (AvgIpc) is 3.32. The lowest BCUT2D eigenvalue weighted by Gasteiger charge is -2.10. The number of nitriles is 1. The number of sulfonamides is 1. The van der Waals surface area contributed by atoms with Crippen LogP contribution in [0.5, 0.6) is 0 Å². The van der Waals surface area contributed by atoms with Gasteiger partial charge in [0.1, 0.15) is 11.4 Å². The molecule has 2 aromatic heterocycles. The van der Waals surface area contributed by atoms with Gasteiger partial charge >= 0.3 is 5.97 Å². The lowest BCUT2D eigenvalue weighted by molar-refractivity contribution is 0.0698. The van der Waals surface area contributed by atoms with E-state index >= 15 is 0 Å². The van der Waals surface area contributed by atoms with E-state index in [0.717, 1.165) is 0 Å². The number of aryl methyl sites for hydroxylation is 3. The Labute approximate surface area is 199 Å². The Morgan fingerprint density at radius 2 is 1.89 bits per heavy atom. The maximum atomic E-state index is 13.0. The molecule has 178 valence electrons. The maximum Gasteiger partial charge on any atom is 0.337 e. The molecular formula is C23H19N5O6S. The summed E-state index contributed by atoms with van der Waals surface area (Å²) in [5.41, 5.74) is 1.26. The van der Waals surface area contributed by atoms with Crippen molar-refractivity contribution >= 4 is 44.2 Å². The van der Waals surface area contributed by atoms with Crippen LogP contribution in [0.3, 0.4) is 0 Å². The summed E-state index contributed by atoms with van der Waals surface area (Å²) in [5, 5.41) is 25.3. The second-order valence-corrected chi connectivity index (χ2v) is 9.37. The molecule has 2 aromatic carbocycles. The Morgan fingerprint density at radius 1 is 1.14 bits per heavy atom. The predicted octanol–water partition coefficient (Wildman–Crippen LogP) is 3.41. The zero-order chi connectivity index (χ0) is 25.5. The summed E-state index contributed by atoms with van der Waals surface area (Å²) in [4.78, 5) is 24.5. The number of amides is 1. The molecule has 35 heavy (non-hydrogen) atoms. The van der Waals surface area contributed by atoms with E-state index < -0.39 is 21.9 Å². The molecule has 0 bridgehead atoms. The number of anilines is 2. The minimum atomic E-state index is -3.96. The van der Waals surface area contributed by atoms with Crippen molar-refractivity contribution in [2.45, 2.75) is 18.7 Å². The smallest absolute Gasteiger partial charge is 0.337 e. The number of aromatic nitrogens is 2. The maximum absolute atomic E-state index is 13.0. The highest BCUT2D eigenvalue weighted by Gasteiger charge is 2.25. The SMILES string of the molecule is Cc1noc(C)c1S(=O)(=O)Nc1ccc2cc(C(=O)Nc3ccc(C#N)cc3C(=O)O)n(C)c2c1. The third-order valence-electron chi connectivity index (χ3n) is 5.39. The summed E-state index contributed by atoms with van der Waals surface area (Å²) in [6.45, 7) is 3.03. The fraction of sp³-hybridized carbons (Fsp3) is 0.130. The summed E-state index contributed by atoms with van der Waals surface area (Å²) in [6.07, 6.45) is 0. The summed E-state index contributed by atoms with van der Waals surface area (Å²) in [7, 11) is -2.33. The van der Waals surface area contributed by atoms with Gasteiger partial charge in [-0.2, -0.15) is 5.26 Å². The third-order valence-corrected chi connectivity index (χ3v) is 7.02. The van der Waals surface area contributed by atoms with Crippen molar-refractivity contribution in [3.8, 4) is 6.07 Å². The Balaban J connectivity index is 1.65. The number of hydrogen-bond acceptors (Lipinski definition) is 7. The van der Waals surface area contributed by atoms with Crippen LogP contribution in [0.2, 0.25) is 0 Å². The molecule has 2 heterocycles. The predicted molar refractivity (Wildman–Crippen MR) is 126 cm³/mol. The Kier molecular flexibility index (Phi) is 5.79. The fourth-order valence-electron chi connectivity index (χ4n) is 3.76. The number of rotatable bonds is 6. The van der Waals surface area contributed by atoms with Gasteiger partial charge in [0.25, 0.3) is 15.9 Å². The highest BCUT2D eigenvalue weighted by molar-refractivity contribution is 7.92. The van der Waals surface area contributed by atoms with Crippen molar-refractivity contribution < 1.29 is 27.6 Å². The molecule has 4 aromatic rings. The van der Waals surface area contributed by atoms with Crippen molar-refractivity contribution in [2.75, 3.05) is 10.0 Å². The van der Waals surface area contributed by atoms with Gasteiger partial charge in [-0.15, -0.1) is 0 Å². The van der Waals surface area contributed by atoms with Crippen LogP contribution < -0.4 is 10.0 Å². The first-order valence-electron chi connectivity index (χ1n) is 10.2. The molecule has 0 fully saturated rings.